The molecule has 2 N–H and O–H groups in total. The highest BCUT2D eigenvalue weighted by Gasteiger charge is 2.16. The predicted molar refractivity (Wildman–Crippen MR) is 96.8 cm³/mol. The Kier molecular flexibility index (Phi) is 5.62. The molecule has 0 fully saturated rings. The van der Waals surface area contributed by atoms with Gasteiger partial charge in [0, 0.05) is 22.6 Å². The van der Waals surface area contributed by atoms with E-state index in [0.29, 0.717) is 34.9 Å². The quantitative estimate of drug-likeness (QED) is 0.736. The fourth-order valence-corrected chi connectivity index (χ4v) is 2.68. The molecule has 1 heterocycles. The summed E-state index contributed by atoms with van der Waals surface area (Å²) in [6, 6.07) is 9.40. The van der Waals surface area contributed by atoms with Crippen molar-refractivity contribution in [3.63, 3.8) is 0 Å². The molecule has 0 aliphatic carbocycles. The van der Waals surface area contributed by atoms with Gasteiger partial charge in [-0.25, -0.2) is 4.79 Å². The molecule has 8 heteroatoms. The van der Waals surface area contributed by atoms with Crippen LogP contribution in [0, 0.1) is 0 Å². The number of phenols is 1. The first-order valence-electron chi connectivity index (χ1n) is 7.88. The van der Waals surface area contributed by atoms with Crippen molar-refractivity contribution in [2.45, 2.75) is 6.42 Å². The number of phenolic OH excluding ortho intramolecular Hbond substituents is 1. The Hall–Kier alpha value is -2.74. The van der Waals surface area contributed by atoms with E-state index in [2.05, 4.69) is 21.2 Å². The highest BCUT2D eigenvalue weighted by molar-refractivity contribution is 9.10. The Morgan fingerprint density at radius 2 is 1.88 bits per heavy atom. The maximum Gasteiger partial charge on any atom is 0.342 e. The van der Waals surface area contributed by atoms with E-state index >= 15 is 0 Å². The summed E-state index contributed by atoms with van der Waals surface area (Å²) in [6.07, 6.45) is 0.786. The first-order valence-corrected chi connectivity index (χ1v) is 8.67. The van der Waals surface area contributed by atoms with Crippen molar-refractivity contribution in [1.29, 1.82) is 0 Å². The minimum absolute atomic E-state index is 0.0252. The average Bonchev–Trinajstić information content (AvgIpc) is 2.86. The second-order valence-electron chi connectivity index (χ2n) is 5.50. The number of fused-ring (bicyclic) bond motifs is 1. The van der Waals surface area contributed by atoms with E-state index in [1.165, 1.54) is 12.1 Å². The lowest BCUT2D eigenvalue weighted by Crippen LogP contribution is -2.21. The minimum atomic E-state index is -0.794. The SMILES string of the molecule is O=C(COC(=O)c1cc(Br)ccc1O)Nc1ccc2c(c1)OCCCO2. The van der Waals surface area contributed by atoms with Gasteiger partial charge in [-0.15, -0.1) is 0 Å². The largest absolute Gasteiger partial charge is 0.507 e. The van der Waals surface area contributed by atoms with Crippen molar-refractivity contribution in [3.8, 4) is 17.2 Å². The number of benzene rings is 2. The van der Waals surface area contributed by atoms with E-state index in [1.54, 1.807) is 24.3 Å². The van der Waals surface area contributed by atoms with Crippen molar-refractivity contribution in [2.24, 2.45) is 0 Å². The molecule has 7 nitrogen and oxygen atoms in total. The zero-order chi connectivity index (χ0) is 18.5. The first kappa shape index (κ1) is 18.1. The molecule has 1 amide bonds. The molecule has 136 valence electrons. The lowest BCUT2D eigenvalue weighted by atomic mass is 10.2. The first-order chi connectivity index (χ1) is 12.5. The van der Waals surface area contributed by atoms with E-state index in [0.717, 1.165) is 6.42 Å². The number of nitrogens with one attached hydrogen (secondary N) is 1. The maximum atomic E-state index is 12.0. The summed E-state index contributed by atoms with van der Waals surface area (Å²) in [5, 5.41) is 12.3. The fourth-order valence-electron chi connectivity index (χ4n) is 2.32. The van der Waals surface area contributed by atoms with Crippen LogP contribution < -0.4 is 14.8 Å². The number of amides is 1. The number of halogens is 1. The number of aromatic hydroxyl groups is 1. The fraction of sp³-hybridized carbons (Fsp3) is 0.222. The number of esters is 1. The zero-order valence-corrected chi connectivity index (χ0v) is 15.2. The molecular formula is C18H16BrNO6. The van der Waals surface area contributed by atoms with E-state index in [1.807, 2.05) is 0 Å². The van der Waals surface area contributed by atoms with Crippen LogP contribution in [0.2, 0.25) is 0 Å². The molecule has 3 rings (SSSR count). The lowest BCUT2D eigenvalue weighted by molar-refractivity contribution is -0.119. The molecule has 0 unspecified atom stereocenters. The molecule has 0 aromatic heterocycles. The van der Waals surface area contributed by atoms with Gasteiger partial charge in [-0.05, 0) is 30.3 Å². The monoisotopic (exact) mass is 421 g/mol. The maximum absolute atomic E-state index is 12.0. The third kappa shape index (κ3) is 4.45. The van der Waals surface area contributed by atoms with E-state index in [9.17, 15) is 14.7 Å². The summed E-state index contributed by atoms with van der Waals surface area (Å²) < 4.78 is 16.6. The molecule has 1 aliphatic rings. The van der Waals surface area contributed by atoms with Gasteiger partial charge in [0.15, 0.2) is 18.1 Å². The van der Waals surface area contributed by atoms with Crippen LogP contribution in [0.25, 0.3) is 0 Å². The smallest absolute Gasteiger partial charge is 0.342 e. The van der Waals surface area contributed by atoms with Crippen LogP contribution in [0.4, 0.5) is 5.69 Å². The summed E-state index contributed by atoms with van der Waals surface area (Å²) in [6.45, 7) is 0.633. The standard InChI is InChI=1S/C18H16BrNO6/c19-11-2-4-14(21)13(8-11)18(23)26-10-17(22)20-12-3-5-15-16(9-12)25-7-1-6-24-15/h2-5,8-9,21H,1,6-7,10H2,(H,20,22). The van der Waals surface area contributed by atoms with Crippen LogP contribution in [0.3, 0.4) is 0 Å². The molecular weight excluding hydrogens is 406 g/mol. The summed E-state index contributed by atoms with van der Waals surface area (Å²) in [4.78, 5) is 24.0. The highest BCUT2D eigenvalue weighted by Crippen LogP contribution is 2.32. The van der Waals surface area contributed by atoms with Crippen molar-refractivity contribution in [1.82, 2.24) is 0 Å². The van der Waals surface area contributed by atoms with Gasteiger partial charge in [-0.3, -0.25) is 4.79 Å². The number of anilines is 1. The molecule has 26 heavy (non-hydrogen) atoms. The Balaban J connectivity index is 1.58. The van der Waals surface area contributed by atoms with Gasteiger partial charge in [-0.2, -0.15) is 0 Å². The lowest BCUT2D eigenvalue weighted by Gasteiger charge is -2.11. The molecule has 0 atom stereocenters. The van der Waals surface area contributed by atoms with Crippen LogP contribution >= 0.6 is 15.9 Å². The second-order valence-corrected chi connectivity index (χ2v) is 6.41. The van der Waals surface area contributed by atoms with Crippen LogP contribution in [0.1, 0.15) is 16.8 Å². The normalized spacial score (nSPS) is 12.8. The highest BCUT2D eigenvalue weighted by atomic mass is 79.9. The molecule has 0 saturated heterocycles. The van der Waals surface area contributed by atoms with Gasteiger partial charge in [0.2, 0.25) is 0 Å². The molecule has 0 bridgehead atoms. The van der Waals surface area contributed by atoms with E-state index in [-0.39, 0.29) is 11.3 Å². The van der Waals surface area contributed by atoms with Gasteiger partial charge in [0.05, 0.1) is 13.2 Å². The Morgan fingerprint density at radius 3 is 2.69 bits per heavy atom. The third-order valence-electron chi connectivity index (χ3n) is 3.54. The van der Waals surface area contributed by atoms with Crippen LogP contribution in [0.5, 0.6) is 17.2 Å². The van der Waals surface area contributed by atoms with Crippen LogP contribution in [0.15, 0.2) is 40.9 Å². The van der Waals surface area contributed by atoms with Gasteiger partial charge >= 0.3 is 5.97 Å². The minimum Gasteiger partial charge on any atom is -0.507 e. The van der Waals surface area contributed by atoms with Crippen LogP contribution in [-0.4, -0.2) is 36.8 Å². The molecule has 1 aliphatic heterocycles. The molecule has 0 saturated carbocycles. The van der Waals surface area contributed by atoms with Gasteiger partial charge in [-0.1, -0.05) is 15.9 Å². The number of rotatable bonds is 4. The Labute approximate surface area is 158 Å². The topological polar surface area (TPSA) is 94.1 Å². The summed E-state index contributed by atoms with van der Waals surface area (Å²) >= 11 is 3.20. The number of hydrogen-bond donors (Lipinski definition) is 2. The summed E-state index contributed by atoms with van der Waals surface area (Å²) in [5.74, 6) is -0.352. The third-order valence-corrected chi connectivity index (χ3v) is 4.04. The van der Waals surface area contributed by atoms with Crippen LogP contribution in [-0.2, 0) is 9.53 Å². The van der Waals surface area contributed by atoms with Crippen molar-refractivity contribution < 1.29 is 28.9 Å². The predicted octanol–water partition coefficient (Wildman–Crippen LogP) is 3.11. The number of ether oxygens (including phenoxy) is 3. The van der Waals surface area contributed by atoms with E-state index < -0.39 is 18.5 Å². The average molecular weight is 422 g/mol. The number of carbonyl (C=O) groups excluding carboxylic acids is 2. The van der Waals surface area contributed by atoms with Crippen molar-refractivity contribution in [2.75, 3.05) is 25.1 Å². The second kappa shape index (κ2) is 8.09. The van der Waals surface area contributed by atoms with Crippen molar-refractivity contribution >= 4 is 33.5 Å². The Bertz CT molecular complexity index is 838. The zero-order valence-electron chi connectivity index (χ0n) is 13.7. The van der Waals surface area contributed by atoms with Crippen molar-refractivity contribution in [3.05, 3.63) is 46.4 Å². The summed E-state index contributed by atoms with van der Waals surface area (Å²) in [7, 11) is 0. The van der Waals surface area contributed by atoms with Gasteiger partial charge in [0.25, 0.3) is 5.91 Å². The number of carbonyl (C=O) groups is 2. The molecule has 0 spiro atoms. The number of hydrogen-bond acceptors (Lipinski definition) is 6. The summed E-state index contributed by atoms with van der Waals surface area (Å²) in [5.41, 5.74) is 0.475. The van der Waals surface area contributed by atoms with Gasteiger partial charge in [0.1, 0.15) is 11.3 Å². The molecule has 0 radical (unpaired) electrons. The molecule has 2 aromatic carbocycles. The Morgan fingerprint density at radius 1 is 1.12 bits per heavy atom. The molecule has 2 aromatic rings. The van der Waals surface area contributed by atoms with E-state index in [4.69, 9.17) is 14.2 Å². The van der Waals surface area contributed by atoms with Gasteiger partial charge < -0.3 is 24.6 Å².